The zero-order valence-corrected chi connectivity index (χ0v) is 16.9. The lowest BCUT2D eigenvalue weighted by atomic mass is 10.1. The van der Waals surface area contributed by atoms with E-state index in [-0.39, 0.29) is 18.4 Å². The van der Waals surface area contributed by atoms with E-state index in [2.05, 4.69) is 15.6 Å². The van der Waals surface area contributed by atoms with Gasteiger partial charge in [0.2, 0.25) is 0 Å². The number of carbonyl (C=O) groups excluding carboxylic acids is 3. The maximum atomic E-state index is 11.9. The number of imide groups is 1. The van der Waals surface area contributed by atoms with E-state index in [1.807, 2.05) is 54.6 Å². The molecule has 0 radical (unpaired) electrons. The number of hydrogen-bond acceptors (Lipinski definition) is 5. The summed E-state index contributed by atoms with van der Waals surface area (Å²) in [6, 6.07) is 25.7. The fraction of sp³-hybridized carbons (Fsp3) is 0.0400. The number of rotatable bonds is 3. The summed E-state index contributed by atoms with van der Waals surface area (Å²) in [6.45, 7) is 0.246. The summed E-state index contributed by atoms with van der Waals surface area (Å²) in [5.41, 5.74) is 3.42. The minimum atomic E-state index is -0.477. The van der Waals surface area contributed by atoms with Crippen molar-refractivity contribution < 1.29 is 19.1 Å². The van der Waals surface area contributed by atoms with Crippen LogP contribution in [0.25, 0.3) is 10.9 Å². The number of pyridine rings is 1. The number of nitrogens with one attached hydrogen (secondary N) is 2. The highest BCUT2D eigenvalue weighted by Gasteiger charge is 2.25. The lowest BCUT2D eigenvalue weighted by Gasteiger charge is -2.09. The molecule has 32 heavy (non-hydrogen) atoms. The molecule has 0 spiro atoms. The lowest BCUT2D eigenvalue weighted by Crippen LogP contribution is -2.19. The van der Waals surface area contributed by atoms with Gasteiger partial charge < -0.3 is 4.74 Å². The smallest absolute Gasteiger partial charge is 0.411 e. The number of carbonyl (C=O) groups is 3. The van der Waals surface area contributed by atoms with Crippen molar-refractivity contribution in [3.8, 4) is 0 Å². The lowest BCUT2D eigenvalue weighted by molar-refractivity contribution is 0.0879. The van der Waals surface area contributed by atoms with Crippen molar-refractivity contribution in [3.05, 3.63) is 108 Å². The fourth-order valence-corrected chi connectivity index (χ4v) is 3.19. The molecular weight excluding hydrogens is 406 g/mol. The third-order valence-corrected chi connectivity index (χ3v) is 4.74. The Labute approximate surface area is 184 Å². The number of benzene rings is 3. The molecule has 3 aromatic carbocycles. The number of ether oxygens (including phenoxy) is 1. The molecule has 1 aliphatic rings. The zero-order chi connectivity index (χ0) is 22.3. The molecule has 0 aliphatic carbocycles. The summed E-state index contributed by atoms with van der Waals surface area (Å²) in [6.07, 6.45) is 1.19. The van der Waals surface area contributed by atoms with Crippen molar-refractivity contribution in [2.75, 3.05) is 5.32 Å². The predicted molar refractivity (Wildman–Crippen MR) is 120 cm³/mol. The molecule has 0 saturated heterocycles. The first-order valence-electron chi connectivity index (χ1n) is 9.88. The summed E-state index contributed by atoms with van der Waals surface area (Å²) >= 11 is 0. The molecule has 7 nitrogen and oxygen atoms in total. The van der Waals surface area contributed by atoms with Crippen LogP contribution in [0.4, 0.5) is 10.5 Å². The van der Waals surface area contributed by atoms with Crippen LogP contribution in [0.3, 0.4) is 0 Å². The van der Waals surface area contributed by atoms with Gasteiger partial charge >= 0.3 is 6.09 Å². The molecule has 0 saturated carbocycles. The van der Waals surface area contributed by atoms with Crippen LogP contribution >= 0.6 is 0 Å². The number of fused-ring (bicyclic) bond motifs is 2. The van der Waals surface area contributed by atoms with Crippen LogP contribution in [0.1, 0.15) is 26.3 Å². The SMILES string of the molecule is O=C(Nc1ccnc2ccccc12)OCc1ccccc1.O=C1NC(=O)c2ccccc21. The number of anilines is 1. The Balaban J connectivity index is 0.000000186. The van der Waals surface area contributed by atoms with Crippen molar-refractivity contribution >= 4 is 34.5 Å². The quantitative estimate of drug-likeness (QED) is 0.469. The number of para-hydroxylation sites is 1. The molecule has 0 fully saturated rings. The van der Waals surface area contributed by atoms with E-state index in [4.69, 9.17) is 4.74 Å². The van der Waals surface area contributed by atoms with Gasteiger partial charge in [0, 0.05) is 11.6 Å². The first-order chi connectivity index (χ1) is 15.6. The topological polar surface area (TPSA) is 97.4 Å². The molecule has 158 valence electrons. The van der Waals surface area contributed by atoms with Gasteiger partial charge in [-0.25, -0.2) is 4.79 Å². The van der Waals surface area contributed by atoms with Crippen molar-refractivity contribution in [2.45, 2.75) is 6.61 Å². The van der Waals surface area contributed by atoms with E-state index in [0.717, 1.165) is 16.5 Å². The summed E-state index contributed by atoms with van der Waals surface area (Å²) < 4.78 is 5.21. The second-order valence-electron chi connectivity index (χ2n) is 6.89. The first-order valence-corrected chi connectivity index (χ1v) is 9.88. The van der Waals surface area contributed by atoms with E-state index in [1.165, 1.54) is 0 Å². The Kier molecular flexibility index (Phi) is 6.17. The molecule has 3 amide bonds. The van der Waals surface area contributed by atoms with Crippen LogP contribution in [-0.2, 0) is 11.3 Å². The second kappa shape index (κ2) is 9.53. The minimum Gasteiger partial charge on any atom is -0.444 e. The van der Waals surface area contributed by atoms with Gasteiger partial charge in [0.1, 0.15) is 6.61 Å². The van der Waals surface area contributed by atoms with Gasteiger partial charge in [0.05, 0.1) is 22.3 Å². The number of hydrogen-bond donors (Lipinski definition) is 2. The zero-order valence-electron chi connectivity index (χ0n) is 16.9. The molecule has 4 aromatic rings. The molecule has 0 unspecified atom stereocenters. The maximum Gasteiger partial charge on any atom is 0.411 e. The number of nitrogens with zero attached hydrogens (tertiary/aromatic N) is 1. The molecule has 0 bridgehead atoms. The fourth-order valence-electron chi connectivity index (χ4n) is 3.19. The molecule has 7 heteroatoms. The van der Waals surface area contributed by atoms with Crippen LogP contribution in [0.5, 0.6) is 0 Å². The third-order valence-electron chi connectivity index (χ3n) is 4.74. The van der Waals surface area contributed by atoms with Gasteiger partial charge in [0.15, 0.2) is 0 Å². The van der Waals surface area contributed by atoms with Crippen LogP contribution < -0.4 is 10.6 Å². The Morgan fingerprint density at radius 2 is 1.44 bits per heavy atom. The van der Waals surface area contributed by atoms with E-state index in [0.29, 0.717) is 16.8 Å². The van der Waals surface area contributed by atoms with E-state index in [9.17, 15) is 14.4 Å². The molecule has 0 atom stereocenters. The minimum absolute atomic E-state index is 0.246. The van der Waals surface area contributed by atoms with Gasteiger partial charge in [-0.05, 0) is 29.8 Å². The highest BCUT2D eigenvalue weighted by Crippen LogP contribution is 2.21. The molecule has 2 heterocycles. The van der Waals surface area contributed by atoms with E-state index >= 15 is 0 Å². The molecule has 5 rings (SSSR count). The van der Waals surface area contributed by atoms with Crippen LogP contribution in [0.15, 0.2) is 91.1 Å². The summed E-state index contributed by atoms with van der Waals surface area (Å²) in [5, 5.41) is 5.84. The summed E-state index contributed by atoms with van der Waals surface area (Å²) in [5.74, 6) is -0.601. The average Bonchev–Trinajstić information content (AvgIpc) is 3.13. The van der Waals surface area contributed by atoms with Gasteiger partial charge in [0.25, 0.3) is 11.8 Å². The number of amides is 3. The van der Waals surface area contributed by atoms with Gasteiger partial charge in [-0.2, -0.15) is 0 Å². The average molecular weight is 425 g/mol. The Morgan fingerprint density at radius 3 is 2.16 bits per heavy atom. The van der Waals surface area contributed by atoms with Gasteiger partial charge in [-0.3, -0.25) is 25.2 Å². The third kappa shape index (κ3) is 4.79. The Morgan fingerprint density at radius 1 is 0.812 bits per heavy atom. The molecule has 2 N–H and O–H groups in total. The predicted octanol–water partition coefficient (Wildman–Crippen LogP) is 4.55. The van der Waals surface area contributed by atoms with Crippen LogP contribution in [-0.4, -0.2) is 22.9 Å². The number of aromatic nitrogens is 1. The first kappa shape index (κ1) is 20.7. The van der Waals surface area contributed by atoms with Crippen LogP contribution in [0, 0.1) is 0 Å². The van der Waals surface area contributed by atoms with Crippen LogP contribution in [0.2, 0.25) is 0 Å². The van der Waals surface area contributed by atoms with Crippen molar-refractivity contribution in [2.24, 2.45) is 0 Å². The van der Waals surface area contributed by atoms with E-state index in [1.54, 1.807) is 36.5 Å². The van der Waals surface area contributed by atoms with E-state index < -0.39 is 6.09 Å². The van der Waals surface area contributed by atoms with Crippen molar-refractivity contribution in [3.63, 3.8) is 0 Å². The maximum absolute atomic E-state index is 11.9. The van der Waals surface area contributed by atoms with Gasteiger partial charge in [-0.15, -0.1) is 0 Å². The highest BCUT2D eigenvalue weighted by atomic mass is 16.5. The molecule has 1 aromatic heterocycles. The summed E-state index contributed by atoms with van der Waals surface area (Å²) in [7, 11) is 0. The van der Waals surface area contributed by atoms with Crippen molar-refractivity contribution in [1.29, 1.82) is 0 Å². The second-order valence-corrected chi connectivity index (χ2v) is 6.89. The normalized spacial score (nSPS) is 11.8. The summed E-state index contributed by atoms with van der Waals surface area (Å²) in [4.78, 5) is 38.0. The largest absolute Gasteiger partial charge is 0.444 e. The highest BCUT2D eigenvalue weighted by molar-refractivity contribution is 6.21. The Hall–Kier alpha value is -4.52. The standard InChI is InChI=1S/C17H14N2O2.C8H5NO2/c20-17(21-12-13-6-2-1-3-7-13)19-16-10-11-18-15-9-5-4-8-14(15)16;10-7-5-3-1-2-4-6(5)8(11)9-7/h1-11H,12H2,(H,18,19,20);1-4H,(H,9,10,11). The van der Waals surface area contributed by atoms with Crippen molar-refractivity contribution in [1.82, 2.24) is 10.3 Å². The monoisotopic (exact) mass is 425 g/mol. The molecule has 1 aliphatic heterocycles. The Bertz CT molecular complexity index is 1250. The molecular formula is C25H19N3O4. The van der Waals surface area contributed by atoms with Gasteiger partial charge in [-0.1, -0.05) is 60.7 Å².